The van der Waals surface area contributed by atoms with Crippen molar-refractivity contribution in [2.75, 3.05) is 36.4 Å². The van der Waals surface area contributed by atoms with E-state index in [2.05, 4.69) is 25.3 Å². The molecule has 1 aliphatic rings. The van der Waals surface area contributed by atoms with Gasteiger partial charge in [-0.25, -0.2) is 15.0 Å². The number of nitrogens with zero attached hydrogens (tertiary/aromatic N) is 6. The first kappa shape index (κ1) is 20.5. The molecule has 3 aromatic rings. The molecule has 1 saturated heterocycles. The molecule has 0 aliphatic carbocycles. The third-order valence-electron chi connectivity index (χ3n) is 4.77. The van der Waals surface area contributed by atoms with E-state index in [0.717, 1.165) is 18.3 Å². The Bertz CT molecular complexity index is 1040. The van der Waals surface area contributed by atoms with Crippen LogP contribution in [0.3, 0.4) is 0 Å². The molecule has 31 heavy (non-hydrogen) atoms. The van der Waals surface area contributed by atoms with E-state index in [0.29, 0.717) is 43.6 Å². The van der Waals surface area contributed by atoms with Crippen molar-refractivity contribution in [2.45, 2.75) is 6.18 Å². The van der Waals surface area contributed by atoms with Gasteiger partial charge in [-0.1, -0.05) is 6.07 Å². The topological polar surface area (TPSA) is 87.1 Å². The van der Waals surface area contributed by atoms with Gasteiger partial charge >= 0.3 is 6.18 Å². The van der Waals surface area contributed by atoms with Crippen LogP contribution in [0, 0.1) is 0 Å². The summed E-state index contributed by atoms with van der Waals surface area (Å²) in [5, 5.41) is 3.11. The number of aromatic nitrogens is 4. The summed E-state index contributed by atoms with van der Waals surface area (Å²) < 4.78 is 37.9. The third kappa shape index (κ3) is 4.87. The molecule has 1 aliphatic heterocycles. The van der Waals surface area contributed by atoms with Crippen molar-refractivity contribution in [2.24, 2.45) is 0 Å². The normalized spacial score (nSPS) is 14.4. The number of anilines is 3. The molecule has 160 valence electrons. The fourth-order valence-electron chi connectivity index (χ4n) is 3.17. The summed E-state index contributed by atoms with van der Waals surface area (Å²) >= 11 is 0. The minimum atomic E-state index is -4.53. The predicted molar refractivity (Wildman–Crippen MR) is 107 cm³/mol. The summed E-state index contributed by atoms with van der Waals surface area (Å²) in [4.78, 5) is 32.3. The minimum Gasteiger partial charge on any atom is -0.353 e. The molecule has 1 N–H and O–H groups in total. The third-order valence-corrected chi connectivity index (χ3v) is 4.77. The van der Waals surface area contributed by atoms with E-state index in [1.807, 2.05) is 23.1 Å². The van der Waals surface area contributed by atoms with Crippen LogP contribution in [0.5, 0.6) is 0 Å². The van der Waals surface area contributed by atoms with Crippen molar-refractivity contribution >= 4 is 23.4 Å². The molecule has 1 fully saturated rings. The Balaban J connectivity index is 1.37. The zero-order valence-corrected chi connectivity index (χ0v) is 16.3. The summed E-state index contributed by atoms with van der Waals surface area (Å²) in [6.07, 6.45) is -0.439. The molecule has 1 amide bonds. The number of carbonyl (C=O) groups is 1. The molecule has 0 unspecified atom stereocenters. The van der Waals surface area contributed by atoms with Crippen molar-refractivity contribution in [3.63, 3.8) is 0 Å². The average Bonchev–Trinajstić information content (AvgIpc) is 2.79. The SMILES string of the molecule is O=C(c1ccc(C(F)(F)F)nc1)N1CCN(c2cc(Nc3ccccn3)ncn2)CC1. The zero-order chi connectivity index (χ0) is 21.8. The van der Waals surface area contributed by atoms with Crippen molar-refractivity contribution in [3.8, 4) is 0 Å². The molecule has 4 rings (SSSR count). The fourth-order valence-corrected chi connectivity index (χ4v) is 3.17. The van der Waals surface area contributed by atoms with Gasteiger partial charge in [0.25, 0.3) is 5.91 Å². The molecule has 0 bridgehead atoms. The lowest BCUT2D eigenvalue weighted by molar-refractivity contribution is -0.141. The summed E-state index contributed by atoms with van der Waals surface area (Å²) in [6.45, 7) is 1.87. The van der Waals surface area contributed by atoms with Gasteiger partial charge in [0.1, 0.15) is 29.5 Å². The summed E-state index contributed by atoms with van der Waals surface area (Å²) in [5.74, 6) is 1.61. The summed E-state index contributed by atoms with van der Waals surface area (Å²) in [7, 11) is 0. The predicted octanol–water partition coefficient (Wildman–Crippen LogP) is 2.99. The van der Waals surface area contributed by atoms with E-state index in [1.165, 1.54) is 6.33 Å². The van der Waals surface area contributed by atoms with Crippen LogP contribution in [0.15, 0.2) is 55.1 Å². The van der Waals surface area contributed by atoms with Gasteiger partial charge in [-0.3, -0.25) is 9.78 Å². The van der Waals surface area contributed by atoms with Crippen LogP contribution in [-0.2, 0) is 6.18 Å². The first-order valence-corrected chi connectivity index (χ1v) is 9.48. The van der Waals surface area contributed by atoms with Gasteiger partial charge in [-0.2, -0.15) is 13.2 Å². The Kier molecular flexibility index (Phi) is 5.65. The maximum absolute atomic E-state index is 12.6. The fraction of sp³-hybridized carbons (Fsp3) is 0.250. The molecule has 0 atom stereocenters. The summed E-state index contributed by atoms with van der Waals surface area (Å²) in [5.41, 5.74) is -0.891. The smallest absolute Gasteiger partial charge is 0.353 e. The first-order valence-electron chi connectivity index (χ1n) is 9.48. The molecule has 3 aromatic heterocycles. The molecule has 0 saturated carbocycles. The standard InChI is InChI=1S/C20H18F3N7O/c21-20(22,23)15-5-4-14(12-25-15)19(31)30-9-7-29(8-10-30)18-11-17(26-13-27-18)28-16-3-1-2-6-24-16/h1-6,11-13H,7-10H2,(H,24,26,27,28). The number of pyridine rings is 2. The zero-order valence-electron chi connectivity index (χ0n) is 16.3. The van der Waals surface area contributed by atoms with Crippen LogP contribution in [0.4, 0.5) is 30.6 Å². The van der Waals surface area contributed by atoms with Crippen LogP contribution in [-0.4, -0.2) is 56.9 Å². The van der Waals surface area contributed by atoms with Gasteiger partial charge in [0.05, 0.1) is 5.56 Å². The molecule has 11 heteroatoms. The molecule has 0 spiro atoms. The highest BCUT2D eigenvalue weighted by Gasteiger charge is 2.32. The van der Waals surface area contributed by atoms with Gasteiger partial charge in [0, 0.05) is 44.6 Å². The van der Waals surface area contributed by atoms with Crippen LogP contribution in [0.1, 0.15) is 16.1 Å². The molecule has 0 radical (unpaired) electrons. The Labute approximate surface area is 175 Å². The Hall–Kier alpha value is -3.76. The van der Waals surface area contributed by atoms with E-state index in [1.54, 1.807) is 17.2 Å². The second-order valence-electron chi connectivity index (χ2n) is 6.81. The van der Waals surface area contributed by atoms with Gasteiger partial charge in [-0.15, -0.1) is 0 Å². The molecular formula is C20H18F3N7O. The number of carbonyl (C=O) groups excluding carboxylic acids is 1. The maximum Gasteiger partial charge on any atom is 0.433 e. The van der Waals surface area contributed by atoms with Gasteiger partial charge in [0.15, 0.2) is 0 Å². The number of rotatable bonds is 4. The van der Waals surface area contributed by atoms with Crippen molar-refractivity contribution in [1.29, 1.82) is 0 Å². The van der Waals surface area contributed by atoms with Gasteiger partial charge in [-0.05, 0) is 24.3 Å². The first-order chi connectivity index (χ1) is 14.9. The number of nitrogens with one attached hydrogen (secondary N) is 1. The molecule has 4 heterocycles. The van der Waals surface area contributed by atoms with Crippen LogP contribution >= 0.6 is 0 Å². The Morgan fingerprint density at radius 2 is 1.74 bits per heavy atom. The highest BCUT2D eigenvalue weighted by atomic mass is 19.4. The second-order valence-corrected chi connectivity index (χ2v) is 6.81. The van der Waals surface area contributed by atoms with Crippen LogP contribution in [0.25, 0.3) is 0 Å². The summed E-state index contributed by atoms with van der Waals surface area (Å²) in [6, 6.07) is 9.27. The number of halogens is 3. The Morgan fingerprint density at radius 3 is 2.39 bits per heavy atom. The average molecular weight is 429 g/mol. The second kappa shape index (κ2) is 8.54. The molecule has 8 nitrogen and oxygen atoms in total. The number of piperazine rings is 1. The molecule has 0 aromatic carbocycles. The molecular weight excluding hydrogens is 411 g/mol. The van der Waals surface area contributed by atoms with Crippen molar-refractivity contribution in [1.82, 2.24) is 24.8 Å². The van der Waals surface area contributed by atoms with E-state index >= 15 is 0 Å². The van der Waals surface area contributed by atoms with E-state index in [-0.39, 0.29) is 11.5 Å². The van der Waals surface area contributed by atoms with E-state index in [9.17, 15) is 18.0 Å². The van der Waals surface area contributed by atoms with E-state index < -0.39 is 11.9 Å². The monoisotopic (exact) mass is 429 g/mol. The lowest BCUT2D eigenvalue weighted by atomic mass is 10.2. The Morgan fingerprint density at radius 1 is 0.935 bits per heavy atom. The highest BCUT2D eigenvalue weighted by molar-refractivity contribution is 5.94. The van der Waals surface area contributed by atoms with Crippen LogP contribution < -0.4 is 10.2 Å². The quantitative estimate of drug-likeness (QED) is 0.682. The lowest BCUT2D eigenvalue weighted by Gasteiger charge is -2.35. The van der Waals surface area contributed by atoms with E-state index in [4.69, 9.17) is 0 Å². The number of hydrogen-bond donors (Lipinski definition) is 1. The van der Waals surface area contributed by atoms with Gasteiger partial charge < -0.3 is 15.1 Å². The minimum absolute atomic E-state index is 0.130. The lowest BCUT2D eigenvalue weighted by Crippen LogP contribution is -2.49. The van der Waals surface area contributed by atoms with Gasteiger partial charge in [0.2, 0.25) is 0 Å². The number of amides is 1. The number of alkyl halides is 3. The largest absolute Gasteiger partial charge is 0.433 e. The number of hydrogen-bond acceptors (Lipinski definition) is 7. The van der Waals surface area contributed by atoms with Crippen molar-refractivity contribution < 1.29 is 18.0 Å². The van der Waals surface area contributed by atoms with Crippen LogP contribution in [0.2, 0.25) is 0 Å². The maximum atomic E-state index is 12.6. The van der Waals surface area contributed by atoms with Crippen molar-refractivity contribution in [3.05, 3.63) is 66.4 Å². The highest BCUT2D eigenvalue weighted by Crippen LogP contribution is 2.27.